The molecule has 0 spiro atoms. The first-order chi connectivity index (χ1) is 10.3. The van der Waals surface area contributed by atoms with Crippen LogP contribution in [0, 0.1) is 5.82 Å². The van der Waals surface area contributed by atoms with Crippen LogP contribution in [0.15, 0.2) is 52.3 Å². The maximum atomic E-state index is 13.8. The smallest absolute Gasteiger partial charge is 0.213 e. The summed E-state index contributed by atoms with van der Waals surface area (Å²) in [6, 6.07) is 9.27. The molecule has 2 aromatic rings. The molecule has 3 rings (SSSR count). The van der Waals surface area contributed by atoms with Crippen molar-refractivity contribution >= 4 is 32.9 Å². The molecular formula is C15H9ClFNO3S. The molecular weight excluding hydrogens is 329 g/mol. The number of hydrogen-bond donors (Lipinski definition) is 1. The van der Waals surface area contributed by atoms with E-state index >= 15 is 0 Å². The molecule has 0 saturated heterocycles. The number of benzene rings is 2. The lowest BCUT2D eigenvalue weighted by Gasteiger charge is -2.06. The van der Waals surface area contributed by atoms with Gasteiger partial charge >= 0.3 is 0 Å². The van der Waals surface area contributed by atoms with E-state index in [4.69, 9.17) is 17.3 Å². The molecule has 0 bridgehead atoms. The summed E-state index contributed by atoms with van der Waals surface area (Å²) in [5.74, 6) is -1.48. The Balaban J connectivity index is 2.32. The number of Topliss-reactive ketones (excluding diaryl/α,β-unsaturated/α-hetero) is 1. The molecule has 1 aliphatic heterocycles. The number of carbonyl (C=O) groups is 1. The van der Waals surface area contributed by atoms with E-state index in [2.05, 4.69) is 0 Å². The molecule has 112 valence electrons. The molecule has 0 fully saturated rings. The molecule has 7 heteroatoms. The van der Waals surface area contributed by atoms with Gasteiger partial charge in [0, 0.05) is 16.1 Å². The highest BCUT2D eigenvalue weighted by atomic mass is 35.5. The quantitative estimate of drug-likeness (QED) is 0.812. The van der Waals surface area contributed by atoms with Gasteiger partial charge in [0.15, 0.2) is 0 Å². The summed E-state index contributed by atoms with van der Waals surface area (Å²) in [7, 11) is -4.10. The summed E-state index contributed by atoms with van der Waals surface area (Å²) in [6.07, 6.45) is 0. The monoisotopic (exact) mass is 337 g/mol. The molecule has 0 amide bonds. The number of allylic oxidation sites excluding steroid dienone is 1. The van der Waals surface area contributed by atoms with Crippen LogP contribution >= 0.6 is 11.6 Å². The topological polar surface area (TPSA) is 77.2 Å². The second-order valence-electron chi connectivity index (χ2n) is 4.70. The summed E-state index contributed by atoms with van der Waals surface area (Å²) >= 11 is 5.80. The van der Waals surface area contributed by atoms with E-state index in [1.165, 1.54) is 36.4 Å². The van der Waals surface area contributed by atoms with Gasteiger partial charge in [-0.2, -0.15) is 0 Å². The van der Waals surface area contributed by atoms with Gasteiger partial charge in [0.25, 0.3) is 0 Å². The maximum absolute atomic E-state index is 13.8. The zero-order valence-corrected chi connectivity index (χ0v) is 12.6. The predicted octanol–water partition coefficient (Wildman–Crippen LogP) is 2.78. The minimum Gasteiger partial charge on any atom is -0.397 e. The van der Waals surface area contributed by atoms with Gasteiger partial charge in [0.05, 0.1) is 10.6 Å². The third-order valence-electron chi connectivity index (χ3n) is 3.36. The van der Waals surface area contributed by atoms with Gasteiger partial charge in [0.2, 0.25) is 15.6 Å². The first kappa shape index (κ1) is 14.7. The van der Waals surface area contributed by atoms with Crippen LogP contribution in [0.25, 0.3) is 5.70 Å². The van der Waals surface area contributed by atoms with E-state index in [1.807, 2.05) is 0 Å². The second kappa shape index (κ2) is 4.93. The fourth-order valence-electron chi connectivity index (χ4n) is 2.34. The Hall–Kier alpha value is -2.18. The fraction of sp³-hybridized carbons (Fsp3) is 0. The summed E-state index contributed by atoms with van der Waals surface area (Å²) in [4.78, 5) is 11.6. The molecule has 2 N–H and O–H groups in total. The van der Waals surface area contributed by atoms with Crippen molar-refractivity contribution in [1.82, 2.24) is 0 Å². The first-order valence-corrected chi connectivity index (χ1v) is 8.04. The zero-order chi connectivity index (χ0) is 16.1. The summed E-state index contributed by atoms with van der Waals surface area (Å²) < 4.78 is 38.8. The average Bonchev–Trinajstić information content (AvgIpc) is 2.65. The molecule has 0 aliphatic carbocycles. The third-order valence-corrected chi connectivity index (χ3v) is 5.47. The number of rotatable bonds is 1. The summed E-state index contributed by atoms with van der Waals surface area (Å²) in [6.45, 7) is 0. The largest absolute Gasteiger partial charge is 0.397 e. The van der Waals surface area contributed by atoms with Crippen LogP contribution in [0.4, 0.5) is 4.39 Å². The average molecular weight is 338 g/mol. The van der Waals surface area contributed by atoms with Gasteiger partial charge in [-0.15, -0.1) is 0 Å². The molecule has 1 heterocycles. The number of fused-ring (bicyclic) bond motifs is 1. The van der Waals surface area contributed by atoms with Crippen molar-refractivity contribution in [2.45, 2.75) is 4.90 Å². The molecule has 0 unspecified atom stereocenters. The van der Waals surface area contributed by atoms with Crippen LogP contribution in [0.3, 0.4) is 0 Å². The van der Waals surface area contributed by atoms with Crippen LogP contribution in [-0.2, 0) is 9.84 Å². The Morgan fingerprint density at radius 2 is 1.82 bits per heavy atom. The molecule has 22 heavy (non-hydrogen) atoms. The van der Waals surface area contributed by atoms with Crippen LogP contribution in [0.5, 0.6) is 0 Å². The van der Waals surface area contributed by atoms with E-state index in [0.717, 1.165) is 6.07 Å². The number of hydrogen-bond acceptors (Lipinski definition) is 4. The summed E-state index contributed by atoms with van der Waals surface area (Å²) in [5.41, 5.74) is 5.20. The zero-order valence-electron chi connectivity index (χ0n) is 11.0. The second-order valence-corrected chi connectivity index (χ2v) is 6.99. The molecule has 0 saturated carbocycles. The highest BCUT2D eigenvalue weighted by Gasteiger charge is 2.41. The van der Waals surface area contributed by atoms with Crippen LogP contribution in [-0.4, -0.2) is 14.2 Å². The van der Waals surface area contributed by atoms with Gasteiger partial charge in [0.1, 0.15) is 10.7 Å². The van der Waals surface area contributed by atoms with Crippen molar-refractivity contribution in [2.24, 2.45) is 5.73 Å². The molecule has 0 atom stereocenters. The van der Waals surface area contributed by atoms with Crippen molar-refractivity contribution in [2.75, 3.05) is 0 Å². The van der Waals surface area contributed by atoms with E-state index < -0.39 is 32.0 Å². The van der Waals surface area contributed by atoms with Gasteiger partial charge in [-0.05, 0) is 30.3 Å². The molecule has 0 aromatic heterocycles. The number of halogens is 2. The van der Waals surface area contributed by atoms with Crippen molar-refractivity contribution in [1.29, 1.82) is 0 Å². The van der Waals surface area contributed by atoms with E-state index in [9.17, 15) is 17.6 Å². The van der Waals surface area contributed by atoms with Gasteiger partial charge in [-0.3, -0.25) is 4.79 Å². The molecule has 2 aromatic carbocycles. The Labute approximate surface area is 130 Å². The highest BCUT2D eigenvalue weighted by molar-refractivity contribution is 7.97. The molecule has 0 radical (unpaired) electrons. The van der Waals surface area contributed by atoms with Crippen molar-refractivity contribution in [3.05, 3.63) is 69.3 Å². The van der Waals surface area contributed by atoms with Gasteiger partial charge < -0.3 is 5.73 Å². The van der Waals surface area contributed by atoms with Crippen LogP contribution < -0.4 is 5.73 Å². The lowest BCUT2D eigenvalue weighted by molar-refractivity contribution is 0.104. The van der Waals surface area contributed by atoms with E-state index in [0.29, 0.717) is 0 Å². The van der Waals surface area contributed by atoms with Crippen LogP contribution in [0.1, 0.15) is 15.9 Å². The minimum absolute atomic E-state index is 0.0539. The van der Waals surface area contributed by atoms with E-state index in [1.54, 1.807) is 0 Å². The fourth-order valence-corrected chi connectivity index (χ4v) is 4.17. The van der Waals surface area contributed by atoms with Crippen molar-refractivity contribution in [3.8, 4) is 0 Å². The standard InChI is InChI=1S/C15H9ClFNO3S/c16-8-5-6-12-10(7-8)14(19)15(22(12,20)21)13(18)9-3-1-2-4-11(9)17/h1-7H,18H2/b15-13+. The highest BCUT2D eigenvalue weighted by Crippen LogP contribution is 2.38. The molecule has 1 aliphatic rings. The SMILES string of the molecule is N/C(=C1\C(=O)c2cc(Cl)ccc2S1(=O)=O)c1ccccc1F. The summed E-state index contributed by atoms with van der Waals surface area (Å²) in [5, 5.41) is 0.230. The number of ketones is 1. The Morgan fingerprint density at radius 3 is 2.50 bits per heavy atom. The van der Waals surface area contributed by atoms with Crippen LogP contribution in [0.2, 0.25) is 5.02 Å². The van der Waals surface area contributed by atoms with Crippen molar-refractivity contribution < 1.29 is 17.6 Å². The normalized spacial score (nSPS) is 18.2. The lowest BCUT2D eigenvalue weighted by atomic mass is 10.1. The first-order valence-electron chi connectivity index (χ1n) is 6.18. The van der Waals surface area contributed by atoms with E-state index in [-0.39, 0.29) is 21.0 Å². The minimum atomic E-state index is -4.10. The van der Waals surface area contributed by atoms with Gasteiger partial charge in [-0.1, -0.05) is 23.7 Å². The maximum Gasteiger partial charge on any atom is 0.213 e. The number of carbonyl (C=O) groups excluding carboxylic acids is 1. The lowest BCUT2D eigenvalue weighted by Crippen LogP contribution is -2.12. The van der Waals surface area contributed by atoms with Crippen molar-refractivity contribution in [3.63, 3.8) is 0 Å². The number of nitrogens with two attached hydrogens (primary N) is 1. The third kappa shape index (κ3) is 2.03. The Morgan fingerprint density at radius 1 is 1.14 bits per heavy atom. The Bertz CT molecular complexity index is 951. The van der Waals surface area contributed by atoms with Gasteiger partial charge in [-0.25, -0.2) is 12.8 Å². The molecule has 4 nitrogen and oxygen atoms in total. The number of sulfone groups is 1. The predicted molar refractivity (Wildman–Crippen MR) is 80.5 cm³/mol. The Kier molecular flexibility index (Phi) is 3.30.